The van der Waals surface area contributed by atoms with Crippen LogP contribution in [0.2, 0.25) is 0 Å². The molecule has 2 fully saturated rings. The molecule has 1 aliphatic carbocycles. The first-order chi connectivity index (χ1) is 7.84. The van der Waals surface area contributed by atoms with Crippen molar-refractivity contribution < 1.29 is 18.4 Å². The molecule has 1 unspecified atom stereocenters. The maximum absolute atomic E-state index is 12.5. The van der Waals surface area contributed by atoms with Crippen molar-refractivity contribution in [1.82, 2.24) is 10.2 Å². The Bertz CT molecular complexity index is 353. The summed E-state index contributed by atoms with van der Waals surface area (Å²) in [6.45, 7) is 2.31. The maximum Gasteiger partial charge on any atom is 0.255 e. The molecule has 0 bridgehead atoms. The molecule has 2 rings (SSSR count). The van der Waals surface area contributed by atoms with Crippen molar-refractivity contribution in [2.75, 3.05) is 6.54 Å². The van der Waals surface area contributed by atoms with Gasteiger partial charge in [0.15, 0.2) is 0 Å². The molecule has 1 N–H and O–H groups in total. The Balaban J connectivity index is 2.22. The van der Waals surface area contributed by atoms with Crippen molar-refractivity contribution in [3.05, 3.63) is 0 Å². The first-order valence-electron chi connectivity index (χ1n) is 5.74. The van der Waals surface area contributed by atoms with Crippen molar-refractivity contribution in [1.29, 1.82) is 0 Å². The van der Waals surface area contributed by atoms with Crippen LogP contribution in [0.4, 0.5) is 8.78 Å². The molecule has 2 amide bonds. The molecular weight excluding hydrogens is 230 g/mol. The maximum atomic E-state index is 12.5. The van der Waals surface area contributed by atoms with E-state index < -0.39 is 24.6 Å². The number of piperazine rings is 1. The summed E-state index contributed by atoms with van der Waals surface area (Å²) in [6.07, 6.45) is -0.872. The number of hydrogen-bond acceptors (Lipinski definition) is 2. The zero-order chi connectivity index (χ0) is 12.8. The van der Waals surface area contributed by atoms with Gasteiger partial charge in [0, 0.05) is 0 Å². The second-order valence-electron chi connectivity index (χ2n) is 5.19. The van der Waals surface area contributed by atoms with Crippen LogP contribution >= 0.6 is 0 Å². The van der Waals surface area contributed by atoms with E-state index in [1.54, 1.807) is 0 Å². The van der Waals surface area contributed by atoms with Gasteiger partial charge in [-0.2, -0.15) is 0 Å². The van der Waals surface area contributed by atoms with Crippen LogP contribution in [0.15, 0.2) is 0 Å². The van der Waals surface area contributed by atoms with Crippen LogP contribution in [-0.4, -0.2) is 41.3 Å². The van der Waals surface area contributed by atoms with Crippen molar-refractivity contribution >= 4 is 11.8 Å². The summed E-state index contributed by atoms with van der Waals surface area (Å²) >= 11 is 0. The van der Waals surface area contributed by atoms with Crippen molar-refractivity contribution in [2.24, 2.45) is 5.92 Å². The molecule has 2 aliphatic rings. The van der Waals surface area contributed by atoms with Crippen LogP contribution in [0.3, 0.4) is 0 Å². The number of rotatable bonds is 3. The fourth-order valence-corrected chi connectivity index (χ4v) is 2.15. The van der Waals surface area contributed by atoms with Gasteiger partial charge >= 0.3 is 0 Å². The minimum absolute atomic E-state index is 0.128. The average molecular weight is 246 g/mol. The van der Waals surface area contributed by atoms with Gasteiger partial charge < -0.3 is 10.2 Å². The molecule has 1 atom stereocenters. The van der Waals surface area contributed by atoms with Crippen molar-refractivity contribution in [3.63, 3.8) is 0 Å². The highest BCUT2D eigenvalue weighted by molar-refractivity contribution is 5.99. The first-order valence-corrected chi connectivity index (χ1v) is 5.74. The lowest BCUT2D eigenvalue weighted by molar-refractivity contribution is -0.158. The highest BCUT2D eigenvalue weighted by atomic mass is 19.3. The summed E-state index contributed by atoms with van der Waals surface area (Å²) in [5, 5.41) is 2.65. The number of carbonyl (C=O) groups excluding carboxylic acids is 2. The van der Waals surface area contributed by atoms with E-state index in [1.165, 1.54) is 13.8 Å². The minimum Gasteiger partial charge on any atom is -0.342 e. The summed E-state index contributed by atoms with van der Waals surface area (Å²) in [4.78, 5) is 24.9. The second-order valence-corrected chi connectivity index (χ2v) is 5.19. The van der Waals surface area contributed by atoms with Gasteiger partial charge in [-0.1, -0.05) is 0 Å². The third-order valence-corrected chi connectivity index (χ3v) is 3.46. The highest BCUT2D eigenvalue weighted by Crippen LogP contribution is 2.36. The van der Waals surface area contributed by atoms with E-state index in [4.69, 9.17) is 0 Å². The number of hydrogen-bond donors (Lipinski definition) is 1. The Labute approximate surface area is 98.3 Å². The quantitative estimate of drug-likeness (QED) is 0.799. The molecule has 1 heterocycles. The Morgan fingerprint density at radius 1 is 1.41 bits per heavy atom. The van der Waals surface area contributed by atoms with Crippen molar-refractivity contribution in [3.8, 4) is 0 Å². The van der Waals surface area contributed by atoms with Gasteiger partial charge in [0.05, 0.1) is 6.54 Å². The predicted molar refractivity (Wildman–Crippen MR) is 56.5 cm³/mol. The van der Waals surface area contributed by atoms with Gasteiger partial charge in [-0.15, -0.1) is 0 Å². The Morgan fingerprint density at radius 3 is 2.47 bits per heavy atom. The monoisotopic (exact) mass is 246 g/mol. The van der Waals surface area contributed by atoms with E-state index in [1.807, 2.05) is 0 Å². The molecule has 0 aromatic heterocycles. The normalized spacial score (nSPS) is 28.5. The lowest BCUT2D eigenvalue weighted by Gasteiger charge is -2.44. The first kappa shape index (κ1) is 12.3. The van der Waals surface area contributed by atoms with E-state index in [-0.39, 0.29) is 17.7 Å². The summed E-state index contributed by atoms with van der Waals surface area (Å²) in [7, 11) is 0. The van der Waals surface area contributed by atoms with Crippen molar-refractivity contribution in [2.45, 2.75) is 44.7 Å². The SMILES string of the molecule is CC1(C)C(=O)NC(C2CC2)C(=O)N1CC(F)F. The number of carbonyl (C=O) groups is 2. The largest absolute Gasteiger partial charge is 0.342 e. The molecule has 1 saturated carbocycles. The fourth-order valence-electron chi connectivity index (χ4n) is 2.15. The summed E-state index contributed by atoms with van der Waals surface area (Å²) in [5.74, 6) is -0.602. The molecule has 96 valence electrons. The summed E-state index contributed by atoms with van der Waals surface area (Å²) in [5.41, 5.74) is -1.20. The van der Waals surface area contributed by atoms with E-state index in [0.29, 0.717) is 0 Å². The van der Waals surface area contributed by atoms with Gasteiger partial charge in [-0.05, 0) is 32.6 Å². The van der Waals surface area contributed by atoms with E-state index in [0.717, 1.165) is 17.7 Å². The molecule has 1 saturated heterocycles. The Morgan fingerprint density at radius 2 is 2.00 bits per heavy atom. The van der Waals surface area contributed by atoms with E-state index >= 15 is 0 Å². The number of nitrogens with one attached hydrogen (secondary N) is 1. The fraction of sp³-hybridized carbons (Fsp3) is 0.818. The van der Waals surface area contributed by atoms with Crippen LogP contribution in [0.25, 0.3) is 0 Å². The highest BCUT2D eigenvalue weighted by Gasteiger charge is 2.51. The third kappa shape index (κ3) is 2.12. The summed E-state index contributed by atoms with van der Waals surface area (Å²) in [6, 6.07) is -0.603. The van der Waals surface area contributed by atoms with Gasteiger partial charge in [0.25, 0.3) is 6.43 Å². The molecule has 4 nitrogen and oxygen atoms in total. The molecular formula is C11H16F2N2O2. The van der Waals surface area contributed by atoms with Crippen LogP contribution in [0.1, 0.15) is 26.7 Å². The van der Waals surface area contributed by atoms with Gasteiger partial charge in [-0.25, -0.2) is 8.78 Å². The van der Waals surface area contributed by atoms with Crippen LogP contribution < -0.4 is 5.32 Å². The second kappa shape index (κ2) is 3.92. The lowest BCUT2D eigenvalue weighted by atomic mass is 9.94. The Kier molecular flexibility index (Phi) is 2.83. The zero-order valence-electron chi connectivity index (χ0n) is 9.87. The molecule has 0 aromatic rings. The molecule has 17 heavy (non-hydrogen) atoms. The summed E-state index contributed by atoms with van der Waals surface area (Å²) < 4.78 is 25.0. The third-order valence-electron chi connectivity index (χ3n) is 3.46. The van der Waals surface area contributed by atoms with Crippen LogP contribution in [0, 0.1) is 5.92 Å². The van der Waals surface area contributed by atoms with Gasteiger partial charge in [0.1, 0.15) is 11.6 Å². The zero-order valence-corrected chi connectivity index (χ0v) is 9.87. The number of alkyl halides is 2. The standard InChI is InChI=1S/C11H16F2N2O2/c1-11(2)10(17)14-8(6-3-4-6)9(16)15(11)5-7(12)13/h6-8H,3-5H2,1-2H3,(H,14,17). The van der Waals surface area contributed by atoms with E-state index in [9.17, 15) is 18.4 Å². The van der Waals surface area contributed by atoms with E-state index in [2.05, 4.69) is 5.32 Å². The molecule has 0 spiro atoms. The average Bonchev–Trinajstić information content (AvgIpc) is 3.02. The molecule has 0 radical (unpaired) electrons. The predicted octanol–water partition coefficient (Wildman–Crippen LogP) is 0.767. The lowest BCUT2D eigenvalue weighted by Crippen LogP contribution is -2.69. The Hall–Kier alpha value is -1.20. The molecule has 1 aliphatic heterocycles. The van der Waals surface area contributed by atoms with Crippen LogP contribution in [-0.2, 0) is 9.59 Å². The topological polar surface area (TPSA) is 49.4 Å². The molecule has 0 aromatic carbocycles. The van der Waals surface area contributed by atoms with Crippen LogP contribution in [0.5, 0.6) is 0 Å². The number of amides is 2. The van der Waals surface area contributed by atoms with Gasteiger partial charge in [0.2, 0.25) is 11.8 Å². The molecule has 6 heteroatoms. The van der Waals surface area contributed by atoms with Gasteiger partial charge in [-0.3, -0.25) is 9.59 Å². The minimum atomic E-state index is -2.62. The number of halogens is 2. The smallest absolute Gasteiger partial charge is 0.255 e. The number of nitrogens with zero attached hydrogens (tertiary/aromatic N) is 1.